The first-order chi connectivity index (χ1) is 6.64. The molecule has 1 spiro atoms. The van der Waals surface area contributed by atoms with E-state index in [1.54, 1.807) is 0 Å². The lowest BCUT2D eigenvalue weighted by atomic mass is 9.65. The molecule has 0 aromatic heterocycles. The SMILES string of the molecule is CC(N)CN(C)C1CCCC12CCC2. The molecule has 2 aliphatic rings. The van der Waals surface area contributed by atoms with Crippen LogP contribution in [0.2, 0.25) is 0 Å². The Morgan fingerprint density at radius 2 is 2.00 bits per heavy atom. The molecule has 2 rings (SSSR count). The van der Waals surface area contributed by atoms with Gasteiger partial charge in [0.1, 0.15) is 0 Å². The van der Waals surface area contributed by atoms with Crippen molar-refractivity contribution in [3.8, 4) is 0 Å². The molecule has 82 valence electrons. The summed E-state index contributed by atoms with van der Waals surface area (Å²) in [6.07, 6.45) is 8.72. The second-order valence-electron chi connectivity index (χ2n) is 5.54. The fourth-order valence-electron chi connectivity index (χ4n) is 3.60. The molecular weight excluding hydrogens is 172 g/mol. The average molecular weight is 196 g/mol. The Kier molecular flexibility index (Phi) is 2.85. The van der Waals surface area contributed by atoms with Crippen molar-refractivity contribution < 1.29 is 0 Å². The molecule has 14 heavy (non-hydrogen) atoms. The first-order valence-corrected chi connectivity index (χ1v) is 6.10. The molecule has 0 aromatic carbocycles. The van der Waals surface area contributed by atoms with Crippen molar-refractivity contribution in [2.24, 2.45) is 11.1 Å². The first-order valence-electron chi connectivity index (χ1n) is 6.10. The summed E-state index contributed by atoms with van der Waals surface area (Å²) in [5.74, 6) is 0. The summed E-state index contributed by atoms with van der Waals surface area (Å²) in [5, 5.41) is 0. The fourth-order valence-corrected chi connectivity index (χ4v) is 3.60. The van der Waals surface area contributed by atoms with Crippen LogP contribution in [0.15, 0.2) is 0 Å². The third kappa shape index (κ3) is 1.70. The van der Waals surface area contributed by atoms with E-state index in [-0.39, 0.29) is 0 Å². The summed E-state index contributed by atoms with van der Waals surface area (Å²) in [5.41, 5.74) is 6.58. The van der Waals surface area contributed by atoms with Gasteiger partial charge in [0.05, 0.1) is 0 Å². The highest BCUT2D eigenvalue weighted by Crippen LogP contribution is 2.54. The van der Waals surface area contributed by atoms with E-state index in [1.807, 2.05) is 0 Å². The van der Waals surface area contributed by atoms with Gasteiger partial charge in [0.25, 0.3) is 0 Å². The third-order valence-electron chi connectivity index (χ3n) is 4.32. The molecule has 2 atom stereocenters. The summed E-state index contributed by atoms with van der Waals surface area (Å²) < 4.78 is 0. The summed E-state index contributed by atoms with van der Waals surface area (Å²) in [7, 11) is 2.26. The van der Waals surface area contributed by atoms with Gasteiger partial charge in [0.2, 0.25) is 0 Å². The number of nitrogens with zero attached hydrogens (tertiary/aromatic N) is 1. The Morgan fingerprint density at radius 3 is 2.50 bits per heavy atom. The van der Waals surface area contributed by atoms with Crippen LogP contribution in [0.4, 0.5) is 0 Å². The zero-order valence-corrected chi connectivity index (χ0v) is 9.63. The van der Waals surface area contributed by atoms with Gasteiger partial charge in [-0.2, -0.15) is 0 Å². The number of rotatable bonds is 3. The molecule has 0 aliphatic heterocycles. The van der Waals surface area contributed by atoms with Crippen LogP contribution < -0.4 is 5.73 Å². The zero-order valence-electron chi connectivity index (χ0n) is 9.63. The second-order valence-corrected chi connectivity index (χ2v) is 5.54. The molecule has 2 heteroatoms. The molecule has 2 aliphatic carbocycles. The molecule has 0 radical (unpaired) electrons. The highest BCUT2D eigenvalue weighted by molar-refractivity contribution is 5.02. The Labute approximate surface area is 87.8 Å². The topological polar surface area (TPSA) is 29.3 Å². The standard InChI is InChI=1S/C12H24N2/c1-10(13)9-14(2)11-5-3-6-12(11)7-4-8-12/h10-11H,3-9,13H2,1-2H3. The minimum absolute atomic E-state index is 0.317. The van der Waals surface area contributed by atoms with Crippen LogP contribution in [0.1, 0.15) is 45.4 Å². The molecule has 2 unspecified atom stereocenters. The van der Waals surface area contributed by atoms with E-state index in [0.717, 1.165) is 12.6 Å². The van der Waals surface area contributed by atoms with Gasteiger partial charge in [-0.1, -0.05) is 12.8 Å². The van der Waals surface area contributed by atoms with Crippen molar-refractivity contribution in [1.82, 2.24) is 4.90 Å². The monoisotopic (exact) mass is 196 g/mol. The zero-order chi connectivity index (χ0) is 10.2. The molecule has 0 amide bonds. The smallest absolute Gasteiger partial charge is 0.0149 e. The summed E-state index contributed by atoms with van der Waals surface area (Å²) in [4.78, 5) is 2.52. The largest absolute Gasteiger partial charge is 0.327 e. The molecule has 0 aromatic rings. The maximum Gasteiger partial charge on any atom is 0.0149 e. The molecular formula is C12H24N2. The fraction of sp³-hybridized carbons (Fsp3) is 1.00. The molecule has 0 saturated heterocycles. The lowest BCUT2D eigenvalue weighted by molar-refractivity contribution is 0.0343. The lowest BCUT2D eigenvalue weighted by Crippen LogP contribution is -2.49. The number of hydrogen-bond acceptors (Lipinski definition) is 2. The summed E-state index contributed by atoms with van der Waals surface area (Å²) >= 11 is 0. The van der Waals surface area contributed by atoms with E-state index < -0.39 is 0 Å². The maximum atomic E-state index is 5.87. The van der Waals surface area contributed by atoms with E-state index in [0.29, 0.717) is 11.5 Å². The first kappa shape index (κ1) is 10.4. The van der Waals surface area contributed by atoms with Crippen LogP contribution in [0.5, 0.6) is 0 Å². The number of likely N-dealkylation sites (N-methyl/N-ethyl adjacent to an activating group) is 1. The minimum Gasteiger partial charge on any atom is -0.327 e. The minimum atomic E-state index is 0.317. The van der Waals surface area contributed by atoms with Crippen LogP contribution in [0.3, 0.4) is 0 Å². The Morgan fingerprint density at radius 1 is 1.36 bits per heavy atom. The maximum absolute atomic E-state index is 5.87. The normalized spacial score (nSPS) is 32.1. The van der Waals surface area contributed by atoms with Gasteiger partial charge in [-0.3, -0.25) is 0 Å². The quantitative estimate of drug-likeness (QED) is 0.748. The van der Waals surface area contributed by atoms with Crippen molar-refractivity contribution in [3.05, 3.63) is 0 Å². The van der Waals surface area contributed by atoms with E-state index in [4.69, 9.17) is 5.73 Å². The molecule has 0 bridgehead atoms. The third-order valence-corrected chi connectivity index (χ3v) is 4.32. The molecule has 2 N–H and O–H groups in total. The Hall–Kier alpha value is -0.0800. The van der Waals surface area contributed by atoms with Crippen LogP contribution in [-0.4, -0.2) is 30.6 Å². The van der Waals surface area contributed by atoms with Gasteiger partial charge in [-0.05, 0) is 45.1 Å². The van der Waals surface area contributed by atoms with Crippen LogP contribution in [0.25, 0.3) is 0 Å². The van der Waals surface area contributed by atoms with Gasteiger partial charge in [-0.25, -0.2) is 0 Å². The van der Waals surface area contributed by atoms with Gasteiger partial charge < -0.3 is 10.6 Å². The average Bonchev–Trinajstić information content (AvgIpc) is 2.44. The molecule has 2 nitrogen and oxygen atoms in total. The predicted molar refractivity (Wildman–Crippen MR) is 60.2 cm³/mol. The van der Waals surface area contributed by atoms with Crippen molar-refractivity contribution in [2.75, 3.05) is 13.6 Å². The highest BCUT2D eigenvalue weighted by atomic mass is 15.2. The van der Waals surface area contributed by atoms with Gasteiger partial charge in [0, 0.05) is 18.6 Å². The van der Waals surface area contributed by atoms with Gasteiger partial charge >= 0.3 is 0 Å². The highest BCUT2D eigenvalue weighted by Gasteiger charge is 2.48. The van der Waals surface area contributed by atoms with Gasteiger partial charge in [-0.15, -0.1) is 0 Å². The number of nitrogens with two attached hydrogens (primary N) is 1. The van der Waals surface area contributed by atoms with Crippen molar-refractivity contribution in [3.63, 3.8) is 0 Å². The van der Waals surface area contributed by atoms with Gasteiger partial charge in [0.15, 0.2) is 0 Å². The van der Waals surface area contributed by atoms with Crippen molar-refractivity contribution in [2.45, 2.75) is 57.5 Å². The lowest BCUT2D eigenvalue weighted by Gasteiger charge is -2.47. The van der Waals surface area contributed by atoms with Crippen LogP contribution in [-0.2, 0) is 0 Å². The number of hydrogen-bond donors (Lipinski definition) is 1. The summed E-state index contributed by atoms with van der Waals surface area (Å²) in [6, 6.07) is 1.15. The predicted octanol–water partition coefficient (Wildman–Crippen LogP) is 1.99. The van der Waals surface area contributed by atoms with E-state index in [9.17, 15) is 0 Å². The van der Waals surface area contributed by atoms with E-state index in [1.165, 1.54) is 38.5 Å². The molecule has 2 fully saturated rings. The van der Waals surface area contributed by atoms with E-state index >= 15 is 0 Å². The van der Waals surface area contributed by atoms with Crippen molar-refractivity contribution in [1.29, 1.82) is 0 Å². The molecule has 2 saturated carbocycles. The van der Waals surface area contributed by atoms with Crippen LogP contribution >= 0.6 is 0 Å². The second kappa shape index (κ2) is 3.82. The Bertz CT molecular complexity index is 196. The molecule has 0 heterocycles. The Balaban J connectivity index is 1.95. The van der Waals surface area contributed by atoms with Crippen LogP contribution in [0, 0.1) is 5.41 Å². The summed E-state index contributed by atoms with van der Waals surface area (Å²) in [6.45, 7) is 3.17. The van der Waals surface area contributed by atoms with E-state index in [2.05, 4.69) is 18.9 Å². The van der Waals surface area contributed by atoms with Crippen molar-refractivity contribution >= 4 is 0 Å².